The number of rotatable bonds is 3. The summed E-state index contributed by atoms with van der Waals surface area (Å²) in [4.78, 5) is 10.6. The van der Waals surface area contributed by atoms with Gasteiger partial charge in [0.15, 0.2) is 4.60 Å². The van der Waals surface area contributed by atoms with Crippen molar-refractivity contribution in [1.82, 2.24) is 15.0 Å². The van der Waals surface area contributed by atoms with Crippen LogP contribution in [0.2, 0.25) is 0 Å². The van der Waals surface area contributed by atoms with Gasteiger partial charge in [0.2, 0.25) is 0 Å². The van der Waals surface area contributed by atoms with E-state index in [1.54, 1.807) is 18.7 Å². The smallest absolute Gasteiger partial charge is 0.306 e. The quantitative estimate of drug-likeness (QED) is 0.860. The van der Waals surface area contributed by atoms with E-state index in [0.29, 0.717) is 11.0 Å². The van der Waals surface area contributed by atoms with E-state index in [1.165, 1.54) is 0 Å². The third-order valence-electron chi connectivity index (χ3n) is 1.82. The Labute approximate surface area is 83.9 Å². The van der Waals surface area contributed by atoms with Crippen LogP contribution in [0.5, 0.6) is 0 Å². The molecule has 1 aromatic heterocycles. The number of aromatic nitrogens is 3. The Morgan fingerprint density at radius 1 is 1.77 bits per heavy atom. The summed E-state index contributed by atoms with van der Waals surface area (Å²) in [5.41, 5.74) is 0.801. The maximum Gasteiger partial charge on any atom is 0.306 e. The van der Waals surface area contributed by atoms with Gasteiger partial charge < -0.3 is 5.11 Å². The molecule has 0 amide bonds. The fourth-order valence-corrected chi connectivity index (χ4v) is 1.43. The van der Waals surface area contributed by atoms with Crippen LogP contribution in [-0.2, 0) is 18.3 Å². The number of carboxylic acids is 1. The molecule has 6 heteroatoms. The molecule has 5 nitrogen and oxygen atoms in total. The monoisotopic (exact) mass is 247 g/mol. The Balaban J connectivity index is 2.79. The van der Waals surface area contributed by atoms with Crippen LogP contribution in [0.25, 0.3) is 0 Å². The number of halogens is 1. The number of hydrogen-bond donors (Lipinski definition) is 1. The largest absolute Gasteiger partial charge is 0.481 e. The van der Waals surface area contributed by atoms with Gasteiger partial charge in [-0.05, 0) is 15.9 Å². The third-order valence-corrected chi connectivity index (χ3v) is 2.43. The molecule has 0 saturated carbocycles. The van der Waals surface area contributed by atoms with Crippen LogP contribution in [0.15, 0.2) is 4.60 Å². The first-order chi connectivity index (χ1) is 6.02. The summed E-state index contributed by atoms with van der Waals surface area (Å²) in [6.45, 7) is 1.65. The number of hydrogen-bond acceptors (Lipinski definition) is 3. The molecule has 1 heterocycles. The molecule has 0 bridgehead atoms. The van der Waals surface area contributed by atoms with E-state index in [0.717, 1.165) is 5.69 Å². The van der Waals surface area contributed by atoms with E-state index in [-0.39, 0.29) is 0 Å². The summed E-state index contributed by atoms with van der Waals surface area (Å²) < 4.78 is 2.19. The molecule has 1 unspecified atom stereocenters. The second-order valence-corrected chi connectivity index (χ2v) is 3.65. The van der Waals surface area contributed by atoms with Crippen LogP contribution in [-0.4, -0.2) is 26.1 Å². The van der Waals surface area contributed by atoms with Crippen LogP contribution in [0, 0.1) is 5.92 Å². The highest BCUT2D eigenvalue weighted by Gasteiger charge is 2.16. The maximum atomic E-state index is 10.6. The van der Waals surface area contributed by atoms with Crippen molar-refractivity contribution in [2.45, 2.75) is 13.3 Å². The molecule has 0 saturated heterocycles. The molecular weight excluding hydrogens is 238 g/mol. The molecule has 1 aromatic rings. The van der Waals surface area contributed by atoms with Crippen molar-refractivity contribution in [3.63, 3.8) is 0 Å². The summed E-state index contributed by atoms with van der Waals surface area (Å²) in [5, 5.41) is 16.2. The zero-order valence-corrected chi connectivity index (χ0v) is 8.95. The first kappa shape index (κ1) is 10.2. The van der Waals surface area contributed by atoms with Crippen molar-refractivity contribution < 1.29 is 9.90 Å². The average molecular weight is 248 g/mol. The maximum absolute atomic E-state index is 10.6. The lowest BCUT2D eigenvalue weighted by atomic mass is 10.1. The minimum atomic E-state index is -0.812. The average Bonchev–Trinajstić information content (AvgIpc) is 2.35. The van der Waals surface area contributed by atoms with Gasteiger partial charge in [0, 0.05) is 13.5 Å². The molecule has 0 aliphatic heterocycles. The van der Waals surface area contributed by atoms with Crippen LogP contribution in [0.3, 0.4) is 0 Å². The molecular formula is C7H10BrN3O2. The van der Waals surface area contributed by atoms with E-state index >= 15 is 0 Å². The summed E-state index contributed by atoms with van der Waals surface area (Å²) in [7, 11) is 1.74. The molecule has 0 fully saturated rings. The first-order valence-corrected chi connectivity index (χ1v) is 4.58. The van der Waals surface area contributed by atoms with Crippen molar-refractivity contribution in [1.29, 1.82) is 0 Å². The lowest BCUT2D eigenvalue weighted by Gasteiger charge is -2.05. The molecule has 0 spiro atoms. The molecule has 72 valence electrons. The minimum absolute atomic E-state index is 0.423. The van der Waals surface area contributed by atoms with Crippen LogP contribution in [0.1, 0.15) is 12.6 Å². The number of carbonyl (C=O) groups is 1. The molecule has 0 radical (unpaired) electrons. The van der Waals surface area contributed by atoms with Gasteiger partial charge in [0.1, 0.15) is 0 Å². The van der Waals surface area contributed by atoms with Gasteiger partial charge in [-0.15, -0.1) is 5.10 Å². The van der Waals surface area contributed by atoms with Crippen molar-refractivity contribution in [2.75, 3.05) is 0 Å². The van der Waals surface area contributed by atoms with Crippen molar-refractivity contribution in [3.05, 3.63) is 10.3 Å². The summed E-state index contributed by atoms with van der Waals surface area (Å²) >= 11 is 3.21. The molecule has 1 rings (SSSR count). The van der Waals surface area contributed by atoms with E-state index in [9.17, 15) is 4.79 Å². The lowest BCUT2D eigenvalue weighted by Crippen LogP contribution is -2.14. The fourth-order valence-electron chi connectivity index (χ4n) is 0.945. The van der Waals surface area contributed by atoms with Gasteiger partial charge in [-0.3, -0.25) is 9.48 Å². The highest BCUT2D eigenvalue weighted by molar-refractivity contribution is 9.10. The standard InChI is InChI=1S/C7H10BrN3O2/c1-4(7(12)13)3-5-6(8)9-10-11(5)2/h4H,3H2,1-2H3,(H,12,13). The molecule has 0 aliphatic rings. The number of carboxylic acid groups (broad SMARTS) is 1. The molecule has 1 N–H and O–H groups in total. The summed E-state index contributed by atoms with van der Waals surface area (Å²) in [6.07, 6.45) is 0.430. The Hall–Kier alpha value is -0.910. The van der Waals surface area contributed by atoms with E-state index in [1.807, 2.05) is 0 Å². The lowest BCUT2D eigenvalue weighted by molar-refractivity contribution is -0.141. The Morgan fingerprint density at radius 2 is 2.38 bits per heavy atom. The zero-order chi connectivity index (χ0) is 10.0. The summed E-state index contributed by atoms with van der Waals surface area (Å²) in [6, 6.07) is 0. The van der Waals surface area contributed by atoms with E-state index in [4.69, 9.17) is 5.11 Å². The van der Waals surface area contributed by atoms with Crippen molar-refractivity contribution in [2.24, 2.45) is 13.0 Å². The van der Waals surface area contributed by atoms with E-state index in [2.05, 4.69) is 26.2 Å². The minimum Gasteiger partial charge on any atom is -0.481 e. The van der Waals surface area contributed by atoms with Crippen LogP contribution in [0.4, 0.5) is 0 Å². The SMILES string of the molecule is CC(Cc1c(Br)nnn1C)C(=O)O. The second kappa shape index (κ2) is 3.87. The Morgan fingerprint density at radius 3 is 2.77 bits per heavy atom. The molecule has 1 atom stereocenters. The number of aliphatic carboxylic acids is 1. The van der Waals surface area contributed by atoms with E-state index < -0.39 is 11.9 Å². The molecule has 13 heavy (non-hydrogen) atoms. The van der Waals surface area contributed by atoms with Crippen LogP contribution < -0.4 is 0 Å². The Bertz CT molecular complexity index is 304. The Kier molecular flexibility index (Phi) is 3.02. The van der Waals surface area contributed by atoms with Gasteiger partial charge in [0.05, 0.1) is 11.6 Å². The molecule has 0 aliphatic carbocycles. The molecule has 0 aromatic carbocycles. The highest BCUT2D eigenvalue weighted by atomic mass is 79.9. The number of nitrogens with zero attached hydrogens (tertiary/aromatic N) is 3. The first-order valence-electron chi connectivity index (χ1n) is 3.79. The van der Waals surface area contributed by atoms with Gasteiger partial charge in [-0.25, -0.2) is 0 Å². The van der Waals surface area contributed by atoms with Gasteiger partial charge in [-0.1, -0.05) is 12.1 Å². The fraction of sp³-hybridized carbons (Fsp3) is 0.571. The predicted molar refractivity (Wildman–Crippen MR) is 49.2 cm³/mol. The van der Waals surface area contributed by atoms with Gasteiger partial charge in [0.25, 0.3) is 0 Å². The zero-order valence-electron chi connectivity index (χ0n) is 7.36. The predicted octanol–water partition coefficient (Wildman–Crippen LogP) is 0.841. The normalized spacial score (nSPS) is 12.8. The topological polar surface area (TPSA) is 68.0 Å². The van der Waals surface area contributed by atoms with Crippen LogP contribution >= 0.6 is 15.9 Å². The second-order valence-electron chi connectivity index (χ2n) is 2.89. The summed E-state index contributed by atoms with van der Waals surface area (Å²) in [5.74, 6) is -1.23. The highest BCUT2D eigenvalue weighted by Crippen LogP contribution is 2.16. The number of aryl methyl sites for hydroxylation is 1. The van der Waals surface area contributed by atoms with Gasteiger partial charge >= 0.3 is 5.97 Å². The third kappa shape index (κ3) is 2.27. The van der Waals surface area contributed by atoms with Crippen molar-refractivity contribution >= 4 is 21.9 Å². The van der Waals surface area contributed by atoms with Crippen molar-refractivity contribution in [3.8, 4) is 0 Å². The van der Waals surface area contributed by atoms with Gasteiger partial charge in [-0.2, -0.15) is 0 Å².